The first-order valence-electron chi connectivity index (χ1n) is 16.9. The van der Waals surface area contributed by atoms with E-state index in [9.17, 15) is 4.79 Å². The van der Waals surface area contributed by atoms with Gasteiger partial charge >= 0.3 is 5.97 Å². The minimum Gasteiger partial charge on any atom is -0.493 e. The quantitative estimate of drug-likeness (QED) is 0.128. The third-order valence-electron chi connectivity index (χ3n) is 9.69. The predicted molar refractivity (Wildman–Crippen MR) is 180 cm³/mol. The van der Waals surface area contributed by atoms with Gasteiger partial charge in [0, 0.05) is 35.8 Å². The molecule has 47 heavy (non-hydrogen) atoms. The number of aryl methyl sites for hydroxylation is 3. The first-order chi connectivity index (χ1) is 23.0. The highest BCUT2D eigenvalue weighted by Crippen LogP contribution is 2.41. The summed E-state index contributed by atoms with van der Waals surface area (Å²) in [7, 11) is 1.89. The van der Waals surface area contributed by atoms with Crippen molar-refractivity contribution in [2.45, 2.75) is 78.6 Å². The Balaban J connectivity index is 1.38. The zero-order valence-electron chi connectivity index (χ0n) is 27.5. The number of nitrogens with zero attached hydrogens (tertiary/aromatic N) is 3. The van der Waals surface area contributed by atoms with Crippen molar-refractivity contribution in [3.8, 4) is 16.9 Å². The molecule has 244 valence electrons. The summed E-state index contributed by atoms with van der Waals surface area (Å²) in [6, 6.07) is 17.8. The Morgan fingerprint density at radius 3 is 2.60 bits per heavy atom. The number of aromatic nitrogens is 3. The Hall–Kier alpha value is -4.43. The Morgan fingerprint density at radius 1 is 0.957 bits per heavy atom. The van der Waals surface area contributed by atoms with Crippen molar-refractivity contribution in [1.29, 1.82) is 0 Å². The maximum absolute atomic E-state index is 16.4. The molecule has 2 aromatic heterocycles. The van der Waals surface area contributed by atoms with E-state index in [-0.39, 0.29) is 19.0 Å². The molecule has 0 saturated heterocycles. The van der Waals surface area contributed by atoms with E-state index in [1.54, 1.807) is 0 Å². The molecule has 0 fully saturated rings. The molecule has 0 spiro atoms. The average Bonchev–Trinajstić information content (AvgIpc) is 3.55. The van der Waals surface area contributed by atoms with Gasteiger partial charge in [-0.3, -0.25) is 4.68 Å². The van der Waals surface area contributed by atoms with E-state index in [1.165, 1.54) is 30.0 Å². The van der Waals surface area contributed by atoms with Crippen molar-refractivity contribution in [2.24, 2.45) is 7.05 Å². The van der Waals surface area contributed by atoms with Gasteiger partial charge in [0.1, 0.15) is 17.3 Å². The number of halogens is 1. The summed E-state index contributed by atoms with van der Waals surface area (Å²) in [6.07, 6.45) is 6.46. The van der Waals surface area contributed by atoms with Gasteiger partial charge in [0.25, 0.3) is 0 Å². The first kappa shape index (κ1) is 31.2. The lowest BCUT2D eigenvalue weighted by Gasteiger charge is -2.19. The van der Waals surface area contributed by atoms with Crippen molar-refractivity contribution in [2.75, 3.05) is 13.2 Å². The van der Waals surface area contributed by atoms with Crippen LogP contribution in [-0.4, -0.2) is 33.5 Å². The lowest BCUT2D eigenvalue weighted by atomic mass is 9.91. The Bertz CT molecular complexity index is 1960. The topological polar surface area (TPSA) is 67.5 Å². The van der Waals surface area contributed by atoms with Crippen LogP contribution in [0.5, 0.6) is 5.75 Å². The van der Waals surface area contributed by atoms with E-state index in [2.05, 4.69) is 25.1 Å². The van der Waals surface area contributed by atoms with E-state index < -0.39 is 5.97 Å². The Labute approximate surface area is 275 Å². The molecule has 0 bridgehead atoms. The zero-order valence-corrected chi connectivity index (χ0v) is 27.5. The number of ether oxygens (including phenoxy) is 3. The fourth-order valence-electron chi connectivity index (χ4n) is 7.58. The van der Waals surface area contributed by atoms with Gasteiger partial charge in [-0.05, 0) is 97.9 Å². The number of carbonyl (C=O) groups is 1. The summed E-state index contributed by atoms with van der Waals surface area (Å²) in [4.78, 5) is 13.9. The molecule has 0 atom stereocenters. The lowest BCUT2D eigenvalue weighted by molar-refractivity contribution is 0.0513. The van der Waals surface area contributed by atoms with Crippen LogP contribution in [0.1, 0.15) is 82.8 Å². The van der Waals surface area contributed by atoms with E-state index >= 15 is 4.39 Å². The fraction of sp³-hybridized carbons (Fsp3) is 0.385. The number of hydrogen-bond acceptors (Lipinski definition) is 5. The summed E-state index contributed by atoms with van der Waals surface area (Å²) >= 11 is 0. The monoisotopic (exact) mass is 635 g/mol. The number of carbonyl (C=O) groups excluding carboxylic acids is 1. The molecule has 0 saturated carbocycles. The van der Waals surface area contributed by atoms with Crippen molar-refractivity contribution in [3.05, 3.63) is 105 Å². The molecule has 3 aromatic carbocycles. The van der Waals surface area contributed by atoms with Gasteiger partial charge in [0.2, 0.25) is 0 Å². The molecule has 1 aliphatic carbocycles. The van der Waals surface area contributed by atoms with Crippen molar-refractivity contribution in [1.82, 2.24) is 14.3 Å². The average molecular weight is 636 g/mol. The SMILES string of the molecule is CCOC(=O)c1c(CCCOc2cccc3c2CCCC3)c2ccc(F)c3c2n1Cc1ccccc1COCc1nn(C)c(CC)c1-3. The second-order valence-electron chi connectivity index (χ2n) is 12.5. The van der Waals surface area contributed by atoms with E-state index in [0.29, 0.717) is 61.5 Å². The molecule has 7 rings (SSSR count). The van der Waals surface area contributed by atoms with Crippen LogP contribution in [0.2, 0.25) is 0 Å². The first-order valence-corrected chi connectivity index (χ1v) is 16.9. The van der Waals surface area contributed by atoms with Crippen molar-refractivity contribution < 1.29 is 23.4 Å². The normalized spacial score (nSPS) is 14.2. The van der Waals surface area contributed by atoms with E-state index in [1.807, 2.05) is 53.6 Å². The predicted octanol–water partition coefficient (Wildman–Crippen LogP) is 7.89. The van der Waals surface area contributed by atoms with Gasteiger partial charge in [-0.1, -0.05) is 43.3 Å². The van der Waals surface area contributed by atoms with Gasteiger partial charge in [0.05, 0.1) is 37.6 Å². The molecule has 0 radical (unpaired) electrons. The van der Waals surface area contributed by atoms with E-state index in [4.69, 9.17) is 19.3 Å². The van der Waals surface area contributed by atoms with Crippen molar-refractivity contribution in [3.63, 3.8) is 0 Å². The molecule has 0 unspecified atom stereocenters. The number of benzene rings is 3. The summed E-state index contributed by atoms with van der Waals surface area (Å²) < 4.78 is 38.5. The Kier molecular flexibility index (Phi) is 8.86. The molecule has 8 heteroatoms. The molecule has 0 N–H and O–H groups in total. The van der Waals surface area contributed by atoms with Crippen LogP contribution in [0.4, 0.5) is 4.39 Å². The van der Waals surface area contributed by atoms with Gasteiger partial charge in [-0.2, -0.15) is 5.10 Å². The van der Waals surface area contributed by atoms with Crippen LogP contribution in [0.3, 0.4) is 0 Å². The number of rotatable bonds is 8. The van der Waals surface area contributed by atoms with Crippen LogP contribution in [-0.2, 0) is 62.0 Å². The van der Waals surface area contributed by atoms with E-state index in [0.717, 1.165) is 51.9 Å². The largest absolute Gasteiger partial charge is 0.493 e. The van der Waals surface area contributed by atoms with Crippen LogP contribution >= 0.6 is 0 Å². The highest BCUT2D eigenvalue weighted by molar-refractivity contribution is 6.05. The molecule has 5 aromatic rings. The lowest BCUT2D eigenvalue weighted by Crippen LogP contribution is -2.16. The molecular formula is C39H42FN3O4. The zero-order chi connectivity index (χ0) is 32.5. The third-order valence-corrected chi connectivity index (χ3v) is 9.69. The molecular weight excluding hydrogens is 593 g/mol. The molecule has 3 heterocycles. The second kappa shape index (κ2) is 13.4. The Morgan fingerprint density at radius 2 is 1.77 bits per heavy atom. The number of hydrogen-bond donors (Lipinski definition) is 0. The molecule has 7 nitrogen and oxygen atoms in total. The molecule has 1 aliphatic heterocycles. The van der Waals surface area contributed by atoms with Gasteiger partial charge in [-0.15, -0.1) is 0 Å². The second-order valence-corrected chi connectivity index (χ2v) is 12.5. The standard InChI is InChI=1S/C39H42FN3O4/c1-4-33-36-32(41-42(33)3)24-45-23-27-14-7-6-13-26(27)22-43-37-30(19-20-31(40)35(36)37)29(38(43)39(44)46-5-2)17-11-21-47-34-18-10-15-25-12-8-9-16-28(25)34/h6-7,10,13-15,18-20H,4-5,8-9,11-12,16-17,21-24H2,1-3H3. The smallest absolute Gasteiger partial charge is 0.355 e. The van der Waals surface area contributed by atoms with Crippen molar-refractivity contribution >= 4 is 16.9 Å². The highest BCUT2D eigenvalue weighted by atomic mass is 19.1. The summed E-state index contributed by atoms with van der Waals surface area (Å²) in [6.45, 7) is 5.59. The van der Waals surface area contributed by atoms with Crippen LogP contribution in [0, 0.1) is 5.82 Å². The maximum Gasteiger partial charge on any atom is 0.355 e. The minimum absolute atomic E-state index is 0.237. The van der Waals surface area contributed by atoms with Crippen LogP contribution in [0.15, 0.2) is 54.6 Å². The van der Waals surface area contributed by atoms with Gasteiger partial charge < -0.3 is 18.8 Å². The fourth-order valence-corrected chi connectivity index (χ4v) is 7.58. The van der Waals surface area contributed by atoms with Gasteiger partial charge in [-0.25, -0.2) is 9.18 Å². The molecule has 0 amide bonds. The minimum atomic E-state index is -0.408. The highest BCUT2D eigenvalue weighted by Gasteiger charge is 2.31. The number of fused-ring (bicyclic) bond motifs is 4. The summed E-state index contributed by atoms with van der Waals surface area (Å²) in [5.41, 5.74) is 9.51. The summed E-state index contributed by atoms with van der Waals surface area (Å²) in [5, 5.41) is 5.65. The maximum atomic E-state index is 16.4. The molecule has 2 aliphatic rings. The summed E-state index contributed by atoms with van der Waals surface area (Å²) in [5.74, 6) is 0.199. The van der Waals surface area contributed by atoms with Crippen LogP contribution < -0.4 is 4.74 Å². The van der Waals surface area contributed by atoms with Crippen LogP contribution in [0.25, 0.3) is 22.0 Å². The third kappa shape index (κ3) is 5.73. The number of esters is 1. The van der Waals surface area contributed by atoms with Gasteiger partial charge in [0.15, 0.2) is 0 Å².